The van der Waals surface area contributed by atoms with Crippen LogP contribution < -0.4 is 0 Å². The van der Waals surface area contributed by atoms with Gasteiger partial charge in [-0.2, -0.15) is 0 Å². The average Bonchev–Trinajstić information content (AvgIpc) is 3.46. The number of benzene rings is 1. The molecule has 1 fully saturated rings. The summed E-state index contributed by atoms with van der Waals surface area (Å²) in [6.07, 6.45) is 4.21. The van der Waals surface area contributed by atoms with Crippen molar-refractivity contribution in [3.63, 3.8) is 0 Å². The fourth-order valence-electron chi connectivity index (χ4n) is 3.62. The molecule has 0 atom stereocenters. The molecule has 3 heterocycles. The molecule has 7 heteroatoms. The Kier molecular flexibility index (Phi) is 6.59. The fourth-order valence-corrected chi connectivity index (χ4v) is 4.41. The number of piperazine rings is 1. The van der Waals surface area contributed by atoms with Gasteiger partial charge in [0.05, 0.1) is 18.4 Å². The minimum atomic E-state index is 0.0578. The number of furan rings is 1. The van der Waals surface area contributed by atoms with Crippen LogP contribution in [0.1, 0.15) is 24.1 Å². The molecule has 0 saturated carbocycles. The molecule has 6 nitrogen and oxygen atoms in total. The van der Waals surface area contributed by atoms with Crippen LogP contribution in [-0.4, -0.2) is 52.8 Å². The van der Waals surface area contributed by atoms with Gasteiger partial charge in [0, 0.05) is 38.0 Å². The summed E-state index contributed by atoms with van der Waals surface area (Å²) in [6, 6.07) is 13.9. The summed E-state index contributed by atoms with van der Waals surface area (Å²) in [5, 5.41) is 2.69. The summed E-state index contributed by atoms with van der Waals surface area (Å²) >= 11 is 1.48. The van der Waals surface area contributed by atoms with Crippen molar-refractivity contribution in [1.82, 2.24) is 14.8 Å². The van der Waals surface area contributed by atoms with Crippen molar-refractivity contribution in [3.05, 3.63) is 65.4 Å². The molecule has 3 aromatic rings. The van der Waals surface area contributed by atoms with Gasteiger partial charge in [-0.25, -0.2) is 4.98 Å². The van der Waals surface area contributed by atoms with Crippen LogP contribution in [0.25, 0.3) is 10.8 Å². The Morgan fingerprint density at radius 3 is 2.40 bits per heavy atom. The lowest BCUT2D eigenvalue weighted by molar-refractivity contribution is -0.139. The fraction of sp³-hybridized carbons (Fsp3) is 0.348. The van der Waals surface area contributed by atoms with Crippen LogP contribution in [0.15, 0.2) is 58.5 Å². The molecule has 2 amide bonds. The van der Waals surface area contributed by atoms with Crippen molar-refractivity contribution >= 4 is 23.2 Å². The molecule has 4 rings (SSSR count). The largest absolute Gasteiger partial charge is 0.462 e. The number of thiazole rings is 1. The van der Waals surface area contributed by atoms with Crippen molar-refractivity contribution in [3.8, 4) is 10.8 Å². The van der Waals surface area contributed by atoms with Gasteiger partial charge in [-0.1, -0.05) is 30.3 Å². The summed E-state index contributed by atoms with van der Waals surface area (Å²) in [7, 11) is 0. The SMILES string of the molecule is O=C(CCCc1ccccc1)N1CCN(C(=O)Cc2csc(-c3ccco3)n2)CC1. The smallest absolute Gasteiger partial charge is 0.228 e. The third kappa shape index (κ3) is 5.16. The summed E-state index contributed by atoms with van der Waals surface area (Å²) < 4.78 is 5.36. The van der Waals surface area contributed by atoms with E-state index >= 15 is 0 Å². The van der Waals surface area contributed by atoms with E-state index in [4.69, 9.17) is 4.42 Å². The maximum absolute atomic E-state index is 12.6. The molecular weight excluding hydrogens is 398 g/mol. The van der Waals surface area contributed by atoms with E-state index in [1.54, 1.807) is 6.26 Å². The van der Waals surface area contributed by atoms with Gasteiger partial charge in [0.25, 0.3) is 0 Å². The molecule has 156 valence electrons. The number of nitrogens with zero attached hydrogens (tertiary/aromatic N) is 3. The van der Waals surface area contributed by atoms with Crippen LogP contribution in [0, 0.1) is 0 Å². The van der Waals surface area contributed by atoms with Gasteiger partial charge < -0.3 is 14.2 Å². The Labute approximate surface area is 180 Å². The Morgan fingerprint density at radius 1 is 0.967 bits per heavy atom. The molecule has 1 aliphatic rings. The monoisotopic (exact) mass is 423 g/mol. The summed E-state index contributed by atoms with van der Waals surface area (Å²) in [4.78, 5) is 33.3. The highest BCUT2D eigenvalue weighted by molar-refractivity contribution is 7.13. The highest BCUT2D eigenvalue weighted by atomic mass is 32.1. The minimum absolute atomic E-state index is 0.0578. The van der Waals surface area contributed by atoms with Gasteiger partial charge in [-0.15, -0.1) is 11.3 Å². The van der Waals surface area contributed by atoms with Crippen molar-refractivity contribution < 1.29 is 14.0 Å². The predicted molar refractivity (Wildman–Crippen MR) is 116 cm³/mol. The molecule has 0 spiro atoms. The number of rotatable bonds is 7. The van der Waals surface area contributed by atoms with Crippen LogP contribution in [0.4, 0.5) is 0 Å². The van der Waals surface area contributed by atoms with E-state index in [1.165, 1.54) is 16.9 Å². The number of carbonyl (C=O) groups excluding carboxylic acids is 2. The predicted octanol–water partition coefficient (Wildman–Crippen LogP) is 3.64. The highest BCUT2D eigenvalue weighted by Crippen LogP contribution is 2.24. The van der Waals surface area contributed by atoms with E-state index < -0.39 is 0 Å². The van der Waals surface area contributed by atoms with E-state index in [-0.39, 0.29) is 18.2 Å². The van der Waals surface area contributed by atoms with Crippen LogP contribution >= 0.6 is 11.3 Å². The van der Waals surface area contributed by atoms with Crippen molar-refractivity contribution in [2.24, 2.45) is 0 Å². The number of aryl methyl sites for hydroxylation is 1. The standard InChI is InChI=1S/C23H25N3O3S/c27-21(10-4-8-18-6-2-1-3-7-18)25-11-13-26(14-12-25)22(28)16-19-17-30-23(24-19)20-9-5-15-29-20/h1-3,5-7,9,15,17H,4,8,10-14,16H2. The molecule has 0 bridgehead atoms. The van der Waals surface area contributed by atoms with Gasteiger partial charge in [-0.05, 0) is 30.5 Å². The molecule has 0 aliphatic carbocycles. The molecule has 1 aromatic carbocycles. The van der Waals surface area contributed by atoms with E-state index in [1.807, 2.05) is 45.5 Å². The molecule has 1 saturated heterocycles. The van der Waals surface area contributed by atoms with Gasteiger partial charge in [0.15, 0.2) is 10.8 Å². The molecule has 0 N–H and O–H groups in total. The molecule has 1 aliphatic heterocycles. The third-order valence-corrected chi connectivity index (χ3v) is 6.21. The zero-order chi connectivity index (χ0) is 20.8. The number of hydrogen-bond donors (Lipinski definition) is 0. The quantitative estimate of drug-likeness (QED) is 0.582. The molecule has 0 unspecified atom stereocenters. The van der Waals surface area contributed by atoms with Crippen LogP contribution in [-0.2, 0) is 22.4 Å². The average molecular weight is 424 g/mol. The summed E-state index contributed by atoms with van der Waals surface area (Å²) in [5.74, 6) is 0.959. The van der Waals surface area contributed by atoms with Crippen LogP contribution in [0.5, 0.6) is 0 Å². The third-order valence-electron chi connectivity index (χ3n) is 5.30. The van der Waals surface area contributed by atoms with Gasteiger partial charge >= 0.3 is 0 Å². The molecule has 30 heavy (non-hydrogen) atoms. The first-order chi connectivity index (χ1) is 14.7. The van der Waals surface area contributed by atoms with E-state index in [2.05, 4.69) is 17.1 Å². The lowest BCUT2D eigenvalue weighted by atomic mass is 10.1. The van der Waals surface area contributed by atoms with Crippen LogP contribution in [0.2, 0.25) is 0 Å². The second kappa shape index (κ2) is 9.71. The lowest BCUT2D eigenvalue weighted by Crippen LogP contribution is -2.51. The van der Waals surface area contributed by atoms with Crippen molar-refractivity contribution in [2.75, 3.05) is 26.2 Å². The zero-order valence-corrected chi connectivity index (χ0v) is 17.6. The summed E-state index contributed by atoms with van der Waals surface area (Å²) in [5.41, 5.74) is 2.02. The first kappa shape index (κ1) is 20.3. The second-order valence-corrected chi connectivity index (χ2v) is 8.26. The topological polar surface area (TPSA) is 66.7 Å². The van der Waals surface area contributed by atoms with E-state index in [0.717, 1.165) is 29.3 Å². The number of carbonyl (C=O) groups is 2. The first-order valence-corrected chi connectivity index (χ1v) is 11.1. The zero-order valence-electron chi connectivity index (χ0n) is 16.8. The lowest BCUT2D eigenvalue weighted by Gasteiger charge is -2.34. The number of amides is 2. The Morgan fingerprint density at radius 2 is 1.70 bits per heavy atom. The highest BCUT2D eigenvalue weighted by Gasteiger charge is 2.24. The molecule has 2 aromatic heterocycles. The van der Waals surface area contributed by atoms with Crippen LogP contribution in [0.3, 0.4) is 0 Å². The molecular formula is C23H25N3O3S. The Hall–Kier alpha value is -2.93. The molecule has 0 radical (unpaired) electrons. The maximum atomic E-state index is 12.6. The van der Waals surface area contributed by atoms with Gasteiger partial charge in [0.1, 0.15) is 0 Å². The summed E-state index contributed by atoms with van der Waals surface area (Å²) in [6.45, 7) is 2.37. The minimum Gasteiger partial charge on any atom is -0.462 e. The number of hydrogen-bond acceptors (Lipinski definition) is 5. The first-order valence-electron chi connectivity index (χ1n) is 10.3. The normalized spacial score (nSPS) is 14.1. The van der Waals surface area contributed by atoms with Gasteiger partial charge in [-0.3, -0.25) is 9.59 Å². The van der Waals surface area contributed by atoms with Gasteiger partial charge in [0.2, 0.25) is 11.8 Å². The maximum Gasteiger partial charge on any atom is 0.228 e. The Bertz CT molecular complexity index is 961. The van der Waals surface area contributed by atoms with Crippen molar-refractivity contribution in [2.45, 2.75) is 25.7 Å². The Balaban J connectivity index is 1.20. The van der Waals surface area contributed by atoms with E-state index in [9.17, 15) is 9.59 Å². The second-order valence-electron chi connectivity index (χ2n) is 7.40. The van der Waals surface area contributed by atoms with E-state index in [0.29, 0.717) is 32.6 Å². The van der Waals surface area contributed by atoms with Crippen molar-refractivity contribution in [1.29, 1.82) is 0 Å². The number of aromatic nitrogens is 1.